The molecule has 0 aromatic carbocycles. The molecular weight excluding hydrogens is 370 g/mol. The monoisotopic (exact) mass is 401 g/mol. The third-order valence-corrected chi connectivity index (χ3v) is 6.14. The molecule has 0 aliphatic carbocycles. The molecule has 0 spiro atoms. The number of sulfonamides is 1. The van der Waals surface area contributed by atoms with Crippen LogP contribution in [0.4, 0.5) is 0 Å². The minimum absolute atomic E-state index is 0.00546. The Bertz CT molecular complexity index is 769. The van der Waals surface area contributed by atoms with Gasteiger partial charge in [-0.05, 0) is 12.0 Å². The van der Waals surface area contributed by atoms with Crippen LogP contribution in [0.5, 0.6) is 0 Å². The summed E-state index contributed by atoms with van der Waals surface area (Å²) < 4.78 is 32.8. The average molecular weight is 402 g/mol. The van der Waals surface area contributed by atoms with E-state index in [9.17, 15) is 18.0 Å². The molecule has 0 atom stereocenters. The van der Waals surface area contributed by atoms with Crippen molar-refractivity contribution in [2.75, 3.05) is 39.9 Å². The molecule has 1 rings (SSSR count). The van der Waals surface area contributed by atoms with Crippen molar-refractivity contribution < 1.29 is 17.9 Å². The maximum atomic E-state index is 12.7. The summed E-state index contributed by atoms with van der Waals surface area (Å²) in [5.74, 6) is 0.0112. The molecule has 0 unspecified atom stereocenters. The standard InChI is InChI=1S/C18H31N3O5S/c1-6-21(7-2)27(24,25)16-8-9-17(22)20(13-16)14-18(23)19(10-11-26-5)12-15(3)4/h8-9,13,15H,6-7,10-12,14H2,1-5H3. The average Bonchev–Trinajstić information content (AvgIpc) is 2.60. The van der Waals surface area contributed by atoms with E-state index in [0.717, 1.165) is 4.57 Å². The van der Waals surface area contributed by atoms with E-state index in [1.807, 2.05) is 13.8 Å². The van der Waals surface area contributed by atoms with Gasteiger partial charge in [-0.1, -0.05) is 27.7 Å². The molecule has 0 fully saturated rings. The Labute approximate surface area is 161 Å². The van der Waals surface area contributed by atoms with E-state index in [4.69, 9.17) is 4.74 Å². The lowest BCUT2D eigenvalue weighted by atomic mass is 10.2. The summed E-state index contributed by atoms with van der Waals surface area (Å²) in [6.45, 7) is 9.29. The number of pyridine rings is 1. The Balaban J connectivity index is 3.12. The van der Waals surface area contributed by atoms with Gasteiger partial charge in [-0.3, -0.25) is 9.59 Å². The number of aromatic nitrogens is 1. The minimum Gasteiger partial charge on any atom is -0.383 e. The molecule has 0 saturated heterocycles. The fourth-order valence-electron chi connectivity index (χ4n) is 2.70. The summed E-state index contributed by atoms with van der Waals surface area (Å²) in [6, 6.07) is 2.47. The molecule has 0 radical (unpaired) electrons. The number of rotatable bonds is 11. The largest absolute Gasteiger partial charge is 0.383 e. The molecule has 0 aliphatic heterocycles. The molecule has 154 valence electrons. The lowest BCUT2D eigenvalue weighted by molar-refractivity contribution is -0.133. The van der Waals surface area contributed by atoms with Gasteiger partial charge in [0, 0.05) is 45.6 Å². The van der Waals surface area contributed by atoms with Crippen molar-refractivity contribution in [1.29, 1.82) is 0 Å². The third-order valence-electron chi connectivity index (χ3n) is 4.11. The topological polar surface area (TPSA) is 88.9 Å². The Kier molecular flexibility index (Phi) is 9.14. The predicted octanol–water partition coefficient (Wildman–Crippen LogP) is 1.01. The first-order valence-electron chi connectivity index (χ1n) is 9.14. The highest BCUT2D eigenvalue weighted by Gasteiger charge is 2.23. The molecule has 0 saturated carbocycles. The zero-order valence-electron chi connectivity index (χ0n) is 16.8. The molecular formula is C18H31N3O5S. The van der Waals surface area contributed by atoms with Crippen LogP contribution in [0.3, 0.4) is 0 Å². The maximum absolute atomic E-state index is 12.7. The molecule has 1 aromatic heterocycles. The van der Waals surface area contributed by atoms with Crippen molar-refractivity contribution in [2.45, 2.75) is 39.1 Å². The molecule has 27 heavy (non-hydrogen) atoms. The summed E-state index contributed by atoms with van der Waals surface area (Å²) in [7, 11) is -2.14. The Morgan fingerprint density at radius 1 is 1.22 bits per heavy atom. The van der Waals surface area contributed by atoms with Crippen molar-refractivity contribution in [3.05, 3.63) is 28.7 Å². The van der Waals surface area contributed by atoms with E-state index in [1.54, 1.807) is 25.9 Å². The molecule has 8 nitrogen and oxygen atoms in total. The van der Waals surface area contributed by atoms with Crippen LogP contribution in [-0.4, -0.2) is 68.0 Å². The zero-order valence-corrected chi connectivity index (χ0v) is 17.7. The second-order valence-corrected chi connectivity index (χ2v) is 8.58. The van der Waals surface area contributed by atoms with Crippen LogP contribution in [0.25, 0.3) is 0 Å². The lowest BCUT2D eigenvalue weighted by Crippen LogP contribution is -2.40. The number of hydrogen-bond acceptors (Lipinski definition) is 5. The number of carbonyl (C=O) groups excluding carboxylic acids is 1. The van der Waals surface area contributed by atoms with Gasteiger partial charge in [0.05, 0.1) is 11.5 Å². The summed E-state index contributed by atoms with van der Waals surface area (Å²) in [5, 5.41) is 0. The molecule has 9 heteroatoms. The van der Waals surface area contributed by atoms with Crippen LogP contribution in [0, 0.1) is 5.92 Å². The van der Waals surface area contributed by atoms with Gasteiger partial charge in [0.2, 0.25) is 15.9 Å². The zero-order chi connectivity index (χ0) is 20.6. The van der Waals surface area contributed by atoms with Gasteiger partial charge in [0.25, 0.3) is 5.56 Å². The van der Waals surface area contributed by atoms with Crippen molar-refractivity contribution in [3.63, 3.8) is 0 Å². The van der Waals surface area contributed by atoms with E-state index in [0.29, 0.717) is 32.8 Å². The quantitative estimate of drug-likeness (QED) is 0.552. The molecule has 0 bridgehead atoms. The molecule has 0 aliphatic rings. The van der Waals surface area contributed by atoms with Crippen molar-refractivity contribution in [2.24, 2.45) is 5.92 Å². The van der Waals surface area contributed by atoms with E-state index < -0.39 is 15.6 Å². The number of amides is 1. The highest BCUT2D eigenvalue weighted by molar-refractivity contribution is 7.89. The SMILES string of the molecule is CCN(CC)S(=O)(=O)c1ccc(=O)n(CC(=O)N(CCOC)CC(C)C)c1. The first kappa shape index (κ1) is 23.3. The van der Waals surface area contributed by atoms with Gasteiger partial charge < -0.3 is 14.2 Å². The first-order chi connectivity index (χ1) is 12.7. The minimum atomic E-state index is -3.70. The van der Waals surface area contributed by atoms with Crippen LogP contribution >= 0.6 is 0 Å². The molecule has 1 heterocycles. The summed E-state index contributed by atoms with van der Waals surface area (Å²) in [4.78, 5) is 26.5. The highest BCUT2D eigenvalue weighted by Crippen LogP contribution is 2.13. The van der Waals surface area contributed by atoms with Gasteiger partial charge in [0.1, 0.15) is 6.54 Å². The van der Waals surface area contributed by atoms with Crippen LogP contribution < -0.4 is 5.56 Å². The van der Waals surface area contributed by atoms with Gasteiger partial charge >= 0.3 is 0 Å². The van der Waals surface area contributed by atoms with Crippen LogP contribution in [-0.2, 0) is 26.1 Å². The van der Waals surface area contributed by atoms with Gasteiger partial charge in [-0.15, -0.1) is 0 Å². The van der Waals surface area contributed by atoms with Gasteiger partial charge in [-0.25, -0.2) is 8.42 Å². The second-order valence-electron chi connectivity index (χ2n) is 6.65. The number of methoxy groups -OCH3 is 1. The van der Waals surface area contributed by atoms with E-state index in [1.165, 1.54) is 22.6 Å². The van der Waals surface area contributed by atoms with E-state index in [2.05, 4.69) is 0 Å². The number of hydrogen-bond donors (Lipinski definition) is 0. The highest BCUT2D eigenvalue weighted by atomic mass is 32.2. The fourth-order valence-corrected chi connectivity index (χ4v) is 4.18. The Morgan fingerprint density at radius 3 is 2.37 bits per heavy atom. The first-order valence-corrected chi connectivity index (χ1v) is 10.6. The maximum Gasteiger partial charge on any atom is 0.251 e. The van der Waals surface area contributed by atoms with Gasteiger partial charge in [0.15, 0.2) is 0 Å². The Hall–Kier alpha value is -1.71. The summed E-state index contributed by atoms with van der Waals surface area (Å²) in [5.41, 5.74) is -0.418. The summed E-state index contributed by atoms with van der Waals surface area (Å²) >= 11 is 0. The van der Waals surface area contributed by atoms with E-state index >= 15 is 0 Å². The van der Waals surface area contributed by atoms with Crippen molar-refractivity contribution >= 4 is 15.9 Å². The lowest BCUT2D eigenvalue weighted by Gasteiger charge is -2.25. The summed E-state index contributed by atoms with van der Waals surface area (Å²) in [6.07, 6.45) is 1.25. The normalized spacial score (nSPS) is 12.0. The Morgan fingerprint density at radius 2 is 1.85 bits per heavy atom. The van der Waals surface area contributed by atoms with Crippen molar-refractivity contribution in [1.82, 2.24) is 13.8 Å². The fraction of sp³-hybridized carbons (Fsp3) is 0.667. The van der Waals surface area contributed by atoms with Crippen LogP contribution in [0.2, 0.25) is 0 Å². The van der Waals surface area contributed by atoms with Crippen LogP contribution in [0.15, 0.2) is 28.0 Å². The molecule has 0 N–H and O–H groups in total. The molecule has 1 aromatic rings. The molecule has 1 amide bonds. The number of nitrogens with zero attached hydrogens (tertiary/aromatic N) is 3. The van der Waals surface area contributed by atoms with Crippen LogP contribution in [0.1, 0.15) is 27.7 Å². The number of carbonyl (C=O) groups is 1. The number of ether oxygens (including phenoxy) is 1. The van der Waals surface area contributed by atoms with Crippen molar-refractivity contribution in [3.8, 4) is 0 Å². The smallest absolute Gasteiger partial charge is 0.251 e. The third kappa shape index (κ3) is 6.44. The van der Waals surface area contributed by atoms with Gasteiger partial charge in [-0.2, -0.15) is 4.31 Å². The predicted molar refractivity (Wildman–Crippen MR) is 104 cm³/mol. The van der Waals surface area contributed by atoms with E-state index in [-0.39, 0.29) is 23.3 Å². The second kappa shape index (κ2) is 10.6.